The quantitative estimate of drug-likeness (QED) is 0.316. The van der Waals surface area contributed by atoms with Crippen LogP contribution in [0, 0.1) is 0 Å². The molecule has 0 spiro atoms. The molecule has 0 aromatic rings. The second kappa shape index (κ2) is 609. The maximum atomic E-state index is 0. The van der Waals surface area contributed by atoms with Gasteiger partial charge in [0, 0.05) is 2680 Å². The maximum absolute atomic E-state index is 0. The van der Waals surface area contributed by atoms with Crippen LogP contribution in [0.2, 0.25) is 0 Å². The van der Waals surface area contributed by atoms with E-state index in [1.54, 1.807) is 0 Å². The third kappa shape index (κ3) is 598. The van der Waals surface area contributed by atoms with Crippen LogP contribution >= 0.6 is 0 Å². The average Bonchev–Trinajstić information content (AvgIpc) is 0. The molecule has 82 radical (unpaired) electrons. The zero-order chi connectivity index (χ0) is 0. The van der Waals surface area contributed by atoms with Gasteiger partial charge >= 0.3 is 0 Å². The smallest absolute Gasteiger partial charge is 0 e. The van der Waals surface area contributed by atoms with Crippen molar-refractivity contribution in [2.45, 2.75) is 0 Å². The second-order valence-electron chi connectivity index (χ2n) is 0. The van der Waals surface area contributed by atoms with Crippen LogP contribution in [0.15, 0.2) is 0 Å². The normalized spacial score (nSPS) is 0. The maximum Gasteiger partial charge on any atom is 0 e. The topological polar surface area (TPSA) is 0 Å². The molecule has 0 aliphatic carbocycles. The summed E-state index contributed by atoms with van der Waals surface area (Å²) in [6.07, 6.45) is 0. The molecule has 82 heteroatoms. The first-order chi connectivity index (χ1) is 0. The van der Waals surface area contributed by atoms with Crippen LogP contribution in [0.3, 0.4) is 0 Å². The van der Waals surface area contributed by atoms with Crippen LogP contribution in [-0.4, -0.2) is 0 Å². The molecule has 0 rings (SSSR count). The van der Waals surface area contributed by atoms with Crippen LogP contribution in [0.5, 0.6) is 0 Å². The second-order valence-corrected chi connectivity index (χ2v) is 0. The van der Waals surface area contributed by atoms with Gasteiger partial charge in [0.05, 0.1) is 0 Å². The molecule has 0 aliphatic heterocycles. The van der Waals surface area contributed by atoms with Gasteiger partial charge in [-0.05, 0) is 0 Å². The monoisotopic (exact) mass is 7290 g/mol. The number of rotatable bonds is 0. The van der Waals surface area contributed by atoms with E-state index in [9.17, 15) is 0 Å². The Labute approximate surface area is 2570 Å². The Hall–Kier alpha value is 90.5. The molecule has 0 atom stereocenters. The van der Waals surface area contributed by atoms with E-state index in [1.807, 2.05) is 0 Å². The molecule has 0 saturated heterocycles. The van der Waals surface area contributed by atoms with Crippen molar-refractivity contribution in [3.8, 4) is 0 Å². The minimum Gasteiger partial charge on any atom is 0 e. The van der Waals surface area contributed by atoms with Crippen LogP contribution in [0.1, 0.15) is 0 Å². The van der Waals surface area contributed by atoms with Gasteiger partial charge in [0.25, 0.3) is 0 Å². The third-order valence-electron chi connectivity index (χ3n) is 0. The van der Waals surface area contributed by atoms with Gasteiger partial charge in [0.15, 0.2) is 0 Å². The first kappa shape index (κ1) is 619. The summed E-state index contributed by atoms with van der Waals surface area (Å²) in [4.78, 5) is 0. The van der Waals surface area contributed by atoms with Crippen molar-refractivity contribution in [1.82, 2.24) is 0 Å². The summed E-state index contributed by atoms with van der Waals surface area (Å²) >= 11 is 0. The van der Waals surface area contributed by atoms with E-state index in [0.717, 1.165) is 0 Å². The zero-order valence-corrected chi connectivity index (χ0v) is 280. The fourth-order valence-corrected chi connectivity index (χ4v) is 0. The van der Waals surface area contributed by atoms with Crippen LogP contribution < -0.4 is 0 Å². The summed E-state index contributed by atoms with van der Waals surface area (Å²) in [5, 5.41) is 0. The Bertz CT molecular complexity index is 0. The molecule has 0 N–H and O–H groups in total. The van der Waals surface area contributed by atoms with Gasteiger partial charge in [0.1, 0.15) is 0 Å². The van der Waals surface area contributed by atoms with Crippen LogP contribution in [-0.2, 0) is 2680 Å². The van der Waals surface area contributed by atoms with Crippen molar-refractivity contribution in [2.75, 3.05) is 0 Å². The predicted octanol–water partition coefficient (Wildman–Crippen LogP) is -0.205. The van der Waals surface area contributed by atoms with Gasteiger partial charge in [-0.1, -0.05) is 0 Å². The third-order valence-corrected chi connectivity index (χ3v) is 0. The fourth-order valence-electron chi connectivity index (χ4n) is 0. The molecule has 0 aliphatic rings. The van der Waals surface area contributed by atoms with Gasteiger partial charge in [-0.15, -0.1) is 0 Å². The van der Waals surface area contributed by atoms with Crippen molar-refractivity contribution in [1.29, 1.82) is 0 Å². The van der Waals surface area contributed by atoms with Crippen LogP contribution in [0.4, 0.5) is 0 Å². The van der Waals surface area contributed by atoms with E-state index < -0.39 is 0 Å². The molecule has 0 nitrogen and oxygen atoms in total. The number of hydrogen-bond donors (Lipinski definition) is 0. The van der Waals surface area contributed by atoms with E-state index in [-0.39, 0.29) is 2680 Å². The molecule has 0 fully saturated rings. The first-order valence-electron chi connectivity index (χ1n) is 0. The molecule has 0 saturated carbocycles. The fraction of sp³-hybridized carbons (Fsp3) is 0. The standard InChI is InChI=1S/82Y. The summed E-state index contributed by atoms with van der Waals surface area (Å²) in [6, 6.07) is 0. The summed E-state index contributed by atoms with van der Waals surface area (Å²) < 4.78 is 0. The van der Waals surface area contributed by atoms with Crippen molar-refractivity contribution < 1.29 is 2680 Å². The summed E-state index contributed by atoms with van der Waals surface area (Å²) in [6.45, 7) is 0. The van der Waals surface area contributed by atoms with Crippen molar-refractivity contribution in [3.05, 3.63) is 0 Å². The Morgan fingerprint density at radius 3 is 0.0122 bits per heavy atom. The minimum atomic E-state index is 0. The van der Waals surface area contributed by atoms with Gasteiger partial charge < -0.3 is 0 Å². The Morgan fingerprint density at radius 2 is 0.0122 bits per heavy atom. The van der Waals surface area contributed by atoms with E-state index in [4.69, 9.17) is 0 Å². The van der Waals surface area contributed by atoms with Gasteiger partial charge in [-0.25, -0.2) is 0 Å². The van der Waals surface area contributed by atoms with E-state index in [2.05, 4.69) is 0 Å². The Kier molecular flexibility index (Phi) is 4600. The van der Waals surface area contributed by atoms with E-state index >= 15 is 0 Å². The molecular formula is Y82. The minimum absolute atomic E-state index is 0. The molecule has 0 unspecified atom stereocenters. The first-order valence-corrected chi connectivity index (χ1v) is 0. The summed E-state index contributed by atoms with van der Waals surface area (Å²) in [5.41, 5.74) is 0. The Balaban J connectivity index is 0. The largest absolute Gasteiger partial charge is 0 e. The van der Waals surface area contributed by atoms with Gasteiger partial charge in [-0.2, -0.15) is 0 Å². The molecule has 0 aromatic carbocycles. The van der Waals surface area contributed by atoms with Crippen molar-refractivity contribution in [2.24, 2.45) is 0 Å². The Morgan fingerprint density at radius 1 is 0.0122 bits per heavy atom. The molecule has 246 valence electrons. The summed E-state index contributed by atoms with van der Waals surface area (Å²) in [7, 11) is 0. The van der Waals surface area contributed by atoms with E-state index in [1.165, 1.54) is 0 Å². The van der Waals surface area contributed by atoms with Gasteiger partial charge in [-0.3, -0.25) is 0 Å². The molecular weight excluding hydrogens is 7290 g/mol. The van der Waals surface area contributed by atoms with Gasteiger partial charge in [0.2, 0.25) is 0 Å². The molecule has 0 aromatic heterocycles. The average molecular weight is 7290 g/mol. The molecule has 0 bridgehead atoms. The zero-order valence-electron chi connectivity index (χ0n) is 47.3. The van der Waals surface area contributed by atoms with Crippen molar-refractivity contribution in [3.63, 3.8) is 0 Å². The van der Waals surface area contributed by atoms with Crippen molar-refractivity contribution >= 4 is 0 Å². The molecule has 0 heterocycles. The predicted molar refractivity (Wildman–Crippen MR) is 0 cm³/mol. The number of hydrogen-bond acceptors (Lipinski definition) is 0. The summed E-state index contributed by atoms with van der Waals surface area (Å²) in [5.74, 6) is 0. The molecule has 0 amide bonds. The van der Waals surface area contributed by atoms with E-state index in [0.29, 0.717) is 0 Å². The van der Waals surface area contributed by atoms with Crippen LogP contribution in [0.25, 0.3) is 0 Å². The molecule has 82 heavy (non-hydrogen) atoms. The SMILES string of the molecule is [Y].[Y].[Y].[Y].[Y].[Y].[Y].[Y].[Y].[Y].[Y].[Y].[Y].[Y].[Y].[Y].[Y].[Y].[Y].[Y].[Y].[Y].[Y].[Y].[Y].[Y].[Y].[Y].[Y].[Y].[Y].[Y].[Y].[Y].[Y].[Y].[Y].[Y].[Y].[Y].[Y].[Y].[Y].[Y].[Y].[Y].[Y].[Y].[Y].[Y].[Y].[Y].[Y].[Y].[Y].[Y].[Y].[Y].[Y].[Y].[Y].[Y].[Y].[Y].[Y].[Y].[Y].[Y].[Y].[Y].[Y].[Y].[Y].[Y].[Y].[Y].[Y].[Y].[Y].[Y].[Y].[Y].